The second-order valence-corrected chi connectivity index (χ2v) is 5.45. The van der Waals surface area contributed by atoms with Crippen molar-refractivity contribution in [3.63, 3.8) is 0 Å². The van der Waals surface area contributed by atoms with E-state index >= 15 is 0 Å². The number of benzene rings is 2. The number of hydrogen-bond acceptors (Lipinski definition) is 1. The molecule has 0 amide bonds. The Morgan fingerprint density at radius 2 is 2.00 bits per heavy atom. The van der Waals surface area contributed by atoms with Gasteiger partial charge >= 0.3 is 0 Å². The predicted molar refractivity (Wildman–Crippen MR) is 73.5 cm³/mol. The van der Waals surface area contributed by atoms with Gasteiger partial charge < -0.3 is 5.73 Å². The van der Waals surface area contributed by atoms with Crippen molar-refractivity contribution >= 4 is 22.4 Å². The molecule has 2 N–H and O–H groups in total. The average Bonchev–Trinajstić information content (AvgIpc) is 2.28. The number of nitrogens with two attached hydrogens (primary N) is 1. The molecule has 2 aromatic carbocycles. The number of halogens is 1. The van der Waals surface area contributed by atoms with E-state index in [9.17, 15) is 0 Å². The van der Waals surface area contributed by atoms with E-state index in [0.29, 0.717) is 0 Å². The topological polar surface area (TPSA) is 26.0 Å². The SMILES string of the molecule is NCC1(c2cccc3cc(Cl)ccc23)CCC1. The van der Waals surface area contributed by atoms with Crippen LogP contribution in [0, 0.1) is 0 Å². The first-order valence-electron chi connectivity index (χ1n) is 6.14. The molecule has 0 atom stereocenters. The number of fused-ring (bicyclic) bond motifs is 1. The summed E-state index contributed by atoms with van der Waals surface area (Å²) in [6, 6.07) is 12.6. The van der Waals surface area contributed by atoms with Gasteiger partial charge in [-0.05, 0) is 41.3 Å². The first kappa shape index (κ1) is 11.1. The molecule has 1 aliphatic rings. The van der Waals surface area contributed by atoms with Crippen LogP contribution in [0.4, 0.5) is 0 Å². The van der Waals surface area contributed by atoms with Gasteiger partial charge in [-0.15, -0.1) is 0 Å². The Hall–Kier alpha value is -1.05. The first-order chi connectivity index (χ1) is 8.25. The van der Waals surface area contributed by atoms with Crippen molar-refractivity contribution in [1.82, 2.24) is 0 Å². The fourth-order valence-electron chi connectivity index (χ4n) is 2.90. The van der Waals surface area contributed by atoms with Crippen molar-refractivity contribution in [2.24, 2.45) is 5.73 Å². The molecule has 1 aliphatic carbocycles. The van der Waals surface area contributed by atoms with Crippen molar-refractivity contribution in [2.75, 3.05) is 6.54 Å². The van der Waals surface area contributed by atoms with Crippen molar-refractivity contribution in [3.05, 3.63) is 47.0 Å². The monoisotopic (exact) mass is 245 g/mol. The Labute approximate surface area is 107 Å². The van der Waals surface area contributed by atoms with Gasteiger partial charge in [-0.1, -0.05) is 42.3 Å². The van der Waals surface area contributed by atoms with Crippen LogP contribution in [0.3, 0.4) is 0 Å². The fraction of sp³-hybridized carbons (Fsp3) is 0.333. The smallest absolute Gasteiger partial charge is 0.0412 e. The standard InChI is InChI=1S/C15H16ClN/c16-12-5-6-13-11(9-12)3-1-4-14(13)15(10-17)7-2-8-15/h1,3-6,9H,2,7-8,10,17H2. The lowest BCUT2D eigenvalue weighted by Crippen LogP contribution is -2.41. The van der Waals surface area contributed by atoms with Crippen LogP contribution in [0.25, 0.3) is 10.8 Å². The summed E-state index contributed by atoms with van der Waals surface area (Å²) in [5.41, 5.74) is 7.61. The van der Waals surface area contributed by atoms with Crippen LogP contribution >= 0.6 is 11.6 Å². The summed E-state index contributed by atoms with van der Waals surface area (Å²) in [6.07, 6.45) is 3.72. The van der Waals surface area contributed by atoms with Crippen molar-refractivity contribution in [3.8, 4) is 0 Å². The lowest BCUT2D eigenvalue weighted by Gasteiger charge is -2.42. The Bertz CT molecular complexity index is 552. The van der Waals surface area contributed by atoms with E-state index in [4.69, 9.17) is 17.3 Å². The molecule has 0 heterocycles. The van der Waals surface area contributed by atoms with Gasteiger partial charge in [-0.3, -0.25) is 0 Å². The molecule has 0 unspecified atom stereocenters. The fourth-order valence-corrected chi connectivity index (χ4v) is 3.08. The quantitative estimate of drug-likeness (QED) is 0.854. The van der Waals surface area contributed by atoms with Crippen LogP contribution in [0.1, 0.15) is 24.8 Å². The lowest BCUT2D eigenvalue weighted by molar-refractivity contribution is 0.255. The zero-order chi connectivity index (χ0) is 11.9. The van der Waals surface area contributed by atoms with E-state index in [2.05, 4.69) is 24.3 Å². The van der Waals surface area contributed by atoms with E-state index in [1.54, 1.807) is 0 Å². The van der Waals surface area contributed by atoms with Gasteiger partial charge in [0.15, 0.2) is 0 Å². The maximum Gasteiger partial charge on any atom is 0.0412 e. The normalized spacial score (nSPS) is 18.0. The van der Waals surface area contributed by atoms with Gasteiger partial charge in [-0.25, -0.2) is 0 Å². The third-order valence-corrected chi connectivity index (χ3v) is 4.35. The minimum Gasteiger partial charge on any atom is -0.330 e. The summed E-state index contributed by atoms with van der Waals surface area (Å²) in [5.74, 6) is 0. The minimum atomic E-state index is 0.216. The molecule has 0 aromatic heterocycles. The van der Waals surface area contributed by atoms with Crippen LogP contribution in [-0.2, 0) is 5.41 Å². The Morgan fingerprint density at radius 3 is 2.65 bits per heavy atom. The Kier molecular flexibility index (Phi) is 2.61. The van der Waals surface area contributed by atoms with Crippen LogP contribution in [-0.4, -0.2) is 6.54 Å². The number of rotatable bonds is 2. The molecule has 2 heteroatoms. The van der Waals surface area contributed by atoms with Gasteiger partial charge in [0, 0.05) is 17.0 Å². The largest absolute Gasteiger partial charge is 0.330 e. The van der Waals surface area contributed by atoms with E-state index in [1.807, 2.05) is 12.1 Å². The van der Waals surface area contributed by atoms with E-state index in [1.165, 1.54) is 35.6 Å². The zero-order valence-electron chi connectivity index (χ0n) is 9.75. The van der Waals surface area contributed by atoms with Gasteiger partial charge in [0.1, 0.15) is 0 Å². The summed E-state index contributed by atoms with van der Waals surface area (Å²) >= 11 is 6.04. The molecule has 3 rings (SSSR count). The molecule has 0 bridgehead atoms. The molecule has 0 saturated heterocycles. The average molecular weight is 246 g/mol. The third-order valence-electron chi connectivity index (χ3n) is 4.12. The predicted octanol–water partition coefficient (Wildman–Crippen LogP) is 3.87. The zero-order valence-corrected chi connectivity index (χ0v) is 10.5. The van der Waals surface area contributed by atoms with E-state index < -0.39 is 0 Å². The van der Waals surface area contributed by atoms with Gasteiger partial charge in [-0.2, -0.15) is 0 Å². The highest BCUT2D eigenvalue weighted by molar-refractivity contribution is 6.31. The van der Waals surface area contributed by atoms with Crippen molar-refractivity contribution in [2.45, 2.75) is 24.7 Å². The molecule has 88 valence electrons. The maximum absolute atomic E-state index is 6.04. The highest BCUT2D eigenvalue weighted by Crippen LogP contribution is 2.45. The third kappa shape index (κ3) is 1.65. The van der Waals surface area contributed by atoms with Crippen LogP contribution in [0.15, 0.2) is 36.4 Å². The van der Waals surface area contributed by atoms with Gasteiger partial charge in [0.2, 0.25) is 0 Å². The summed E-state index contributed by atoms with van der Waals surface area (Å²) in [4.78, 5) is 0. The highest BCUT2D eigenvalue weighted by atomic mass is 35.5. The Balaban J connectivity index is 2.23. The van der Waals surface area contributed by atoms with E-state index in [-0.39, 0.29) is 5.41 Å². The summed E-state index contributed by atoms with van der Waals surface area (Å²) < 4.78 is 0. The van der Waals surface area contributed by atoms with Gasteiger partial charge in [0.25, 0.3) is 0 Å². The number of hydrogen-bond donors (Lipinski definition) is 1. The van der Waals surface area contributed by atoms with E-state index in [0.717, 1.165) is 11.6 Å². The van der Waals surface area contributed by atoms with Crippen LogP contribution in [0.2, 0.25) is 5.02 Å². The van der Waals surface area contributed by atoms with Gasteiger partial charge in [0.05, 0.1) is 0 Å². The molecular weight excluding hydrogens is 230 g/mol. The minimum absolute atomic E-state index is 0.216. The molecule has 17 heavy (non-hydrogen) atoms. The highest BCUT2D eigenvalue weighted by Gasteiger charge is 2.38. The molecule has 1 fully saturated rings. The molecule has 1 saturated carbocycles. The second kappa shape index (κ2) is 4.01. The Morgan fingerprint density at radius 1 is 1.18 bits per heavy atom. The molecule has 1 nitrogen and oxygen atoms in total. The second-order valence-electron chi connectivity index (χ2n) is 5.01. The molecule has 0 spiro atoms. The van der Waals surface area contributed by atoms with Crippen molar-refractivity contribution in [1.29, 1.82) is 0 Å². The summed E-state index contributed by atoms with van der Waals surface area (Å²) in [7, 11) is 0. The molecule has 2 aromatic rings. The molecular formula is C15H16ClN. The van der Waals surface area contributed by atoms with Crippen LogP contribution in [0.5, 0.6) is 0 Å². The van der Waals surface area contributed by atoms with Crippen LogP contribution < -0.4 is 5.73 Å². The summed E-state index contributed by atoms with van der Waals surface area (Å²) in [5, 5.41) is 3.32. The first-order valence-corrected chi connectivity index (χ1v) is 6.52. The van der Waals surface area contributed by atoms with Crippen molar-refractivity contribution < 1.29 is 0 Å². The molecule has 0 aliphatic heterocycles. The molecule has 0 radical (unpaired) electrons. The summed E-state index contributed by atoms with van der Waals surface area (Å²) in [6.45, 7) is 0.745. The maximum atomic E-state index is 6.04. The lowest BCUT2D eigenvalue weighted by atomic mass is 9.63.